The smallest absolute Gasteiger partial charge is 0.462 e. The minimum absolute atomic E-state index is 0.105. The number of unbranched alkanes of at least 4 members (excludes halogenated alkanes) is 37. The molecule has 19 heteroatoms. The second-order valence-corrected chi connectivity index (χ2v) is 31.7. The molecule has 4 unspecified atom stereocenters. The maximum absolute atomic E-state index is 13.1. The lowest BCUT2D eigenvalue weighted by Gasteiger charge is -2.21. The number of phosphoric ester groups is 2. The SMILES string of the molecule is CCC(C)CCCCCCCCCCCCCCCCCCCCC(=O)O[C@H](COC(=O)CCCCCCCCCC(C)C)COP(=O)(O)OC[C@@H](O)COP(=O)(O)OC[C@@H](COC(=O)CCCCCCCCC(C)C)OC(=O)CCCCCCCCCCCCC(C)CC. The largest absolute Gasteiger partial charge is 0.472 e. The molecule has 17 nitrogen and oxygen atoms in total. The first-order valence-corrected chi connectivity index (χ1v) is 42.3. The highest BCUT2D eigenvalue weighted by Gasteiger charge is 2.30. The first-order chi connectivity index (χ1) is 45.7. The van der Waals surface area contributed by atoms with E-state index in [2.05, 4.69) is 55.4 Å². The lowest BCUT2D eigenvalue weighted by molar-refractivity contribution is -0.161. The molecule has 0 aromatic heterocycles. The maximum Gasteiger partial charge on any atom is 0.472 e. The van der Waals surface area contributed by atoms with Gasteiger partial charge in [0.15, 0.2) is 12.2 Å². The van der Waals surface area contributed by atoms with Crippen LogP contribution in [0.3, 0.4) is 0 Å². The van der Waals surface area contributed by atoms with Gasteiger partial charge in [-0.05, 0) is 49.4 Å². The molecule has 95 heavy (non-hydrogen) atoms. The number of esters is 4. The number of hydrogen-bond donors (Lipinski definition) is 3. The van der Waals surface area contributed by atoms with Crippen molar-refractivity contribution in [2.75, 3.05) is 39.6 Å². The topological polar surface area (TPSA) is 237 Å². The molecule has 0 aliphatic carbocycles. The number of ether oxygens (including phenoxy) is 4. The van der Waals surface area contributed by atoms with E-state index in [-0.39, 0.29) is 25.7 Å². The van der Waals surface area contributed by atoms with Gasteiger partial charge in [0, 0.05) is 25.7 Å². The van der Waals surface area contributed by atoms with Crippen LogP contribution in [0.25, 0.3) is 0 Å². The number of carbonyl (C=O) groups is 4. The summed E-state index contributed by atoms with van der Waals surface area (Å²) < 4.78 is 68.4. The van der Waals surface area contributed by atoms with E-state index in [1.165, 1.54) is 173 Å². The van der Waals surface area contributed by atoms with Crippen molar-refractivity contribution in [3.05, 3.63) is 0 Å². The molecule has 0 rings (SSSR count). The van der Waals surface area contributed by atoms with Gasteiger partial charge in [0.1, 0.15) is 19.3 Å². The average Bonchev–Trinajstić information content (AvgIpc) is 1.29. The number of aliphatic hydroxyl groups excluding tert-OH is 1. The molecule has 7 atom stereocenters. The third-order valence-corrected chi connectivity index (χ3v) is 20.2. The van der Waals surface area contributed by atoms with Crippen LogP contribution in [-0.4, -0.2) is 96.7 Å². The summed E-state index contributed by atoms with van der Waals surface area (Å²) >= 11 is 0. The first-order valence-electron chi connectivity index (χ1n) is 39.3. The van der Waals surface area contributed by atoms with Crippen molar-refractivity contribution < 1.29 is 80.2 Å². The molecule has 0 saturated carbocycles. The Labute approximate surface area is 581 Å². The van der Waals surface area contributed by atoms with E-state index in [0.717, 1.165) is 115 Å². The van der Waals surface area contributed by atoms with Crippen molar-refractivity contribution in [2.24, 2.45) is 23.7 Å². The average molecular weight is 1400 g/mol. The third-order valence-electron chi connectivity index (χ3n) is 18.3. The fraction of sp³-hybridized carbons (Fsp3) is 0.947. The molecule has 0 amide bonds. The Bertz CT molecular complexity index is 1870. The molecule has 0 radical (unpaired) electrons. The summed E-state index contributed by atoms with van der Waals surface area (Å²) in [5, 5.41) is 10.6. The number of carbonyl (C=O) groups excluding carboxylic acids is 4. The summed E-state index contributed by atoms with van der Waals surface area (Å²) in [5.74, 6) is 0.933. The van der Waals surface area contributed by atoms with Gasteiger partial charge in [0.05, 0.1) is 26.4 Å². The molecule has 0 bridgehead atoms. The number of hydrogen-bond acceptors (Lipinski definition) is 15. The standard InChI is InChI=1S/C76H148O17P2/c1-9-68(7)54-46-38-29-23-19-17-15-13-11-12-14-16-18-20-25-31-42-50-58-75(80)92-71(62-86-73(78)56-48-40-33-27-28-36-44-52-66(3)4)64-90-94(82,83)88-60-70(77)61-89-95(84,85)91-65-72(63-87-74(79)57-49-41-35-34-37-45-53-67(5)6)93-76(81)59-51-43-32-26-22-21-24-30-39-47-55-69(8)10-2/h66-72,77H,9-65H2,1-8H3,(H,82,83)(H,84,85)/t68?,69?,70-,71-,72-/m1/s1. The van der Waals surface area contributed by atoms with E-state index in [1.54, 1.807) is 0 Å². The Morgan fingerprint density at radius 3 is 0.747 bits per heavy atom. The molecule has 0 aromatic rings. The van der Waals surface area contributed by atoms with Gasteiger partial charge in [-0.2, -0.15) is 0 Å². The Kier molecular flexibility index (Phi) is 64.0. The Hall–Kier alpha value is -1.94. The van der Waals surface area contributed by atoms with Crippen molar-refractivity contribution in [1.29, 1.82) is 0 Å². The highest BCUT2D eigenvalue weighted by Crippen LogP contribution is 2.45. The van der Waals surface area contributed by atoms with Crippen LogP contribution in [0.15, 0.2) is 0 Å². The fourth-order valence-corrected chi connectivity index (χ4v) is 13.1. The summed E-state index contributed by atoms with van der Waals surface area (Å²) in [7, 11) is -9.91. The van der Waals surface area contributed by atoms with Gasteiger partial charge >= 0.3 is 39.5 Å². The summed E-state index contributed by atoms with van der Waals surface area (Å²) in [5.41, 5.74) is 0. The second-order valence-electron chi connectivity index (χ2n) is 28.8. The molecule has 0 aliphatic heterocycles. The summed E-state index contributed by atoms with van der Waals surface area (Å²) in [6.07, 6.45) is 50.2. The van der Waals surface area contributed by atoms with Crippen LogP contribution in [0.2, 0.25) is 0 Å². The molecular formula is C76H148O17P2. The molecule has 0 aliphatic rings. The fourth-order valence-electron chi connectivity index (χ4n) is 11.5. The molecular weight excluding hydrogens is 1250 g/mol. The van der Waals surface area contributed by atoms with Gasteiger partial charge in [-0.1, -0.05) is 331 Å². The Morgan fingerprint density at radius 1 is 0.295 bits per heavy atom. The number of aliphatic hydroxyl groups is 1. The molecule has 0 aromatic carbocycles. The second kappa shape index (κ2) is 65.4. The van der Waals surface area contributed by atoms with Gasteiger partial charge in [-0.25, -0.2) is 9.13 Å². The molecule has 0 saturated heterocycles. The number of phosphoric acid groups is 2. The van der Waals surface area contributed by atoms with E-state index in [1.807, 2.05) is 0 Å². The van der Waals surface area contributed by atoms with Gasteiger partial charge in [-0.3, -0.25) is 37.3 Å². The molecule has 0 heterocycles. The van der Waals surface area contributed by atoms with E-state index in [9.17, 15) is 43.2 Å². The number of rotatable bonds is 73. The van der Waals surface area contributed by atoms with Crippen LogP contribution in [0, 0.1) is 23.7 Å². The van der Waals surface area contributed by atoms with Gasteiger partial charge < -0.3 is 33.8 Å². The van der Waals surface area contributed by atoms with E-state index in [4.69, 9.17) is 37.0 Å². The van der Waals surface area contributed by atoms with Crippen LogP contribution in [-0.2, 0) is 65.4 Å². The third kappa shape index (κ3) is 67.6. The van der Waals surface area contributed by atoms with E-state index >= 15 is 0 Å². The zero-order valence-electron chi connectivity index (χ0n) is 62.3. The monoisotopic (exact) mass is 1400 g/mol. The minimum atomic E-state index is -4.96. The zero-order chi connectivity index (χ0) is 70.3. The first kappa shape index (κ1) is 93.1. The van der Waals surface area contributed by atoms with E-state index in [0.29, 0.717) is 37.5 Å². The van der Waals surface area contributed by atoms with Crippen molar-refractivity contribution in [3.63, 3.8) is 0 Å². The van der Waals surface area contributed by atoms with Gasteiger partial charge in [-0.15, -0.1) is 0 Å². The molecule has 0 spiro atoms. The Morgan fingerprint density at radius 2 is 0.505 bits per heavy atom. The van der Waals surface area contributed by atoms with E-state index < -0.39 is 97.5 Å². The summed E-state index contributed by atoms with van der Waals surface area (Å²) in [6, 6.07) is 0. The quantitative estimate of drug-likeness (QED) is 0.0222. The summed E-state index contributed by atoms with van der Waals surface area (Å²) in [4.78, 5) is 72.7. The molecule has 3 N–H and O–H groups in total. The van der Waals surface area contributed by atoms with Crippen molar-refractivity contribution in [2.45, 2.75) is 401 Å². The van der Waals surface area contributed by atoms with Crippen LogP contribution < -0.4 is 0 Å². The lowest BCUT2D eigenvalue weighted by Crippen LogP contribution is -2.30. The molecule has 564 valence electrons. The minimum Gasteiger partial charge on any atom is -0.462 e. The Balaban J connectivity index is 5.16. The molecule has 0 fully saturated rings. The zero-order valence-corrected chi connectivity index (χ0v) is 64.1. The highest BCUT2D eigenvalue weighted by molar-refractivity contribution is 7.47. The van der Waals surface area contributed by atoms with Crippen LogP contribution in [0.5, 0.6) is 0 Å². The van der Waals surface area contributed by atoms with Crippen molar-refractivity contribution >= 4 is 39.5 Å². The summed E-state index contributed by atoms with van der Waals surface area (Å²) in [6.45, 7) is 14.1. The highest BCUT2D eigenvalue weighted by atomic mass is 31.2. The normalized spacial score (nSPS) is 14.7. The van der Waals surface area contributed by atoms with Crippen LogP contribution >= 0.6 is 15.6 Å². The van der Waals surface area contributed by atoms with Crippen molar-refractivity contribution in [3.8, 4) is 0 Å². The maximum atomic E-state index is 13.1. The van der Waals surface area contributed by atoms with Crippen LogP contribution in [0.4, 0.5) is 0 Å². The lowest BCUT2D eigenvalue weighted by atomic mass is 9.99. The van der Waals surface area contributed by atoms with Crippen molar-refractivity contribution in [1.82, 2.24) is 0 Å². The predicted octanol–water partition coefficient (Wildman–Crippen LogP) is 22.0. The van der Waals surface area contributed by atoms with Crippen LogP contribution in [0.1, 0.15) is 383 Å². The van der Waals surface area contributed by atoms with Gasteiger partial charge in [0.2, 0.25) is 0 Å². The predicted molar refractivity (Wildman–Crippen MR) is 386 cm³/mol. The van der Waals surface area contributed by atoms with Gasteiger partial charge in [0.25, 0.3) is 0 Å².